The Kier molecular flexibility index (Phi) is 6.22. The van der Waals surface area contributed by atoms with E-state index < -0.39 is 0 Å². The summed E-state index contributed by atoms with van der Waals surface area (Å²) in [5.41, 5.74) is 0.497. The van der Waals surface area contributed by atoms with Gasteiger partial charge >= 0.3 is 5.97 Å². The molecule has 0 bridgehead atoms. The first-order valence-corrected chi connectivity index (χ1v) is 6.24. The van der Waals surface area contributed by atoms with E-state index in [4.69, 9.17) is 9.47 Å². The Morgan fingerprint density at radius 1 is 1.47 bits per heavy atom. The van der Waals surface area contributed by atoms with Crippen LogP contribution in [0.2, 0.25) is 0 Å². The predicted molar refractivity (Wildman–Crippen MR) is 66.8 cm³/mol. The van der Waals surface area contributed by atoms with Gasteiger partial charge in [0, 0.05) is 25.3 Å². The van der Waals surface area contributed by atoms with Gasteiger partial charge in [-0.15, -0.1) is 0 Å². The maximum Gasteiger partial charge on any atom is 0.334 e. The van der Waals surface area contributed by atoms with E-state index in [1.807, 2.05) is 11.9 Å². The van der Waals surface area contributed by atoms with Crippen LogP contribution in [0.25, 0.3) is 0 Å². The molecule has 0 N–H and O–H groups in total. The molecule has 0 spiro atoms. The van der Waals surface area contributed by atoms with Gasteiger partial charge in [-0.3, -0.25) is 4.90 Å². The van der Waals surface area contributed by atoms with E-state index in [-0.39, 0.29) is 5.97 Å². The van der Waals surface area contributed by atoms with Crippen LogP contribution in [-0.2, 0) is 14.3 Å². The molecule has 0 aromatic rings. The van der Waals surface area contributed by atoms with Gasteiger partial charge in [0.15, 0.2) is 0 Å². The fourth-order valence-corrected chi connectivity index (χ4v) is 1.46. The molecule has 1 rings (SSSR count). The molecule has 98 valence electrons. The molecule has 0 saturated heterocycles. The lowest BCUT2D eigenvalue weighted by Gasteiger charge is -2.17. The van der Waals surface area contributed by atoms with Gasteiger partial charge in [-0.1, -0.05) is 6.58 Å². The summed E-state index contributed by atoms with van der Waals surface area (Å²) in [6.07, 6.45) is 2.63. The third kappa shape index (κ3) is 6.44. The van der Waals surface area contributed by atoms with Gasteiger partial charge in [-0.05, 0) is 32.7 Å². The lowest BCUT2D eigenvalue weighted by Crippen LogP contribution is -2.28. The highest BCUT2D eigenvalue weighted by molar-refractivity contribution is 5.88. The van der Waals surface area contributed by atoms with Crippen molar-refractivity contribution in [3.63, 3.8) is 0 Å². The smallest absolute Gasteiger partial charge is 0.334 e. The van der Waals surface area contributed by atoms with Crippen LogP contribution in [0.3, 0.4) is 0 Å². The van der Waals surface area contributed by atoms with Crippen molar-refractivity contribution < 1.29 is 14.3 Å². The van der Waals surface area contributed by atoms with Crippen LogP contribution in [0.1, 0.15) is 19.8 Å². The van der Waals surface area contributed by atoms with E-state index in [0.717, 1.165) is 19.1 Å². The molecule has 1 fully saturated rings. The lowest BCUT2D eigenvalue weighted by atomic mass is 10.3. The molecule has 4 heteroatoms. The van der Waals surface area contributed by atoms with E-state index >= 15 is 0 Å². The second-order valence-corrected chi connectivity index (χ2v) is 4.58. The van der Waals surface area contributed by atoms with Crippen molar-refractivity contribution in [1.29, 1.82) is 0 Å². The first-order valence-electron chi connectivity index (χ1n) is 6.24. The fraction of sp³-hybridized carbons (Fsp3) is 0.769. The maximum absolute atomic E-state index is 11.3. The number of rotatable bonds is 9. The van der Waals surface area contributed by atoms with Gasteiger partial charge in [0.1, 0.15) is 0 Å². The summed E-state index contributed by atoms with van der Waals surface area (Å²) in [4.78, 5) is 13.3. The number of likely N-dealkylation sites (N-methyl/N-ethyl adjacent to an activating group) is 1. The van der Waals surface area contributed by atoms with Crippen LogP contribution in [0.4, 0.5) is 0 Å². The maximum atomic E-state index is 11.3. The molecule has 17 heavy (non-hydrogen) atoms. The summed E-state index contributed by atoms with van der Waals surface area (Å²) in [5, 5.41) is 0. The number of hydrogen-bond donors (Lipinski definition) is 0. The van der Waals surface area contributed by atoms with E-state index in [9.17, 15) is 4.79 Å². The second-order valence-electron chi connectivity index (χ2n) is 4.58. The molecule has 0 radical (unpaired) electrons. The highest BCUT2D eigenvalue weighted by Crippen LogP contribution is 2.28. The zero-order chi connectivity index (χ0) is 12.7. The number of hydrogen-bond acceptors (Lipinski definition) is 4. The summed E-state index contributed by atoms with van der Waals surface area (Å²) in [6, 6.07) is 0. The Morgan fingerprint density at radius 2 is 2.18 bits per heavy atom. The van der Waals surface area contributed by atoms with E-state index in [1.54, 1.807) is 6.92 Å². The summed E-state index contributed by atoms with van der Waals surface area (Å²) >= 11 is 0. The second kappa shape index (κ2) is 7.45. The minimum absolute atomic E-state index is 0.307. The minimum atomic E-state index is -0.307. The number of ether oxygens (including phenoxy) is 2. The standard InChI is InChI=1S/C13H23NO3/c1-4-17-13(15)11(2)9-14(3)7-8-16-10-12-5-6-12/h12H,2,4-10H2,1,3H3. The molecule has 1 aliphatic rings. The van der Waals surface area contributed by atoms with Gasteiger partial charge in [0.25, 0.3) is 0 Å². The van der Waals surface area contributed by atoms with E-state index in [1.165, 1.54) is 12.8 Å². The average Bonchev–Trinajstić information content (AvgIpc) is 3.08. The Morgan fingerprint density at radius 3 is 2.76 bits per heavy atom. The summed E-state index contributed by atoms with van der Waals surface area (Å²) in [7, 11) is 1.95. The number of nitrogens with zero attached hydrogens (tertiary/aromatic N) is 1. The molecule has 0 aromatic carbocycles. The van der Waals surface area contributed by atoms with Crippen molar-refractivity contribution in [2.45, 2.75) is 19.8 Å². The molecular weight excluding hydrogens is 218 g/mol. The quantitative estimate of drug-likeness (QED) is 0.348. The minimum Gasteiger partial charge on any atom is -0.463 e. The molecule has 0 aliphatic heterocycles. The van der Waals surface area contributed by atoms with Gasteiger partial charge in [0.2, 0.25) is 0 Å². The topological polar surface area (TPSA) is 38.8 Å². The van der Waals surface area contributed by atoms with Crippen molar-refractivity contribution >= 4 is 5.97 Å². The van der Waals surface area contributed by atoms with Gasteiger partial charge in [-0.2, -0.15) is 0 Å². The van der Waals surface area contributed by atoms with Gasteiger partial charge in [0.05, 0.1) is 13.2 Å². The number of carbonyl (C=O) groups excluding carboxylic acids is 1. The first kappa shape index (κ1) is 14.2. The van der Waals surface area contributed by atoms with Crippen molar-refractivity contribution in [2.24, 2.45) is 5.92 Å². The third-order valence-electron chi connectivity index (χ3n) is 2.69. The predicted octanol–water partition coefficient (Wildman–Crippen LogP) is 1.46. The first-order chi connectivity index (χ1) is 8.13. The van der Waals surface area contributed by atoms with Crippen LogP contribution in [0.15, 0.2) is 12.2 Å². The van der Waals surface area contributed by atoms with Crippen LogP contribution >= 0.6 is 0 Å². The largest absolute Gasteiger partial charge is 0.463 e. The normalized spacial score (nSPS) is 15.0. The molecule has 1 aliphatic carbocycles. The Labute approximate surface area is 104 Å². The highest BCUT2D eigenvalue weighted by Gasteiger charge is 2.21. The molecule has 0 atom stereocenters. The molecule has 0 heterocycles. The molecule has 0 aromatic heterocycles. The van der Waals surface area contributed by atoms with Crippen molar-refractivity contribution in [3.05, 3.63) is 12.2 Å². The molecular formula is C13H23NO3. The number of carbonyl (C=O) groups is 1. The zero-order valence-electron chi connectivity index (χ0n) is 10.9. The molecule has 0 unspecified atom stereocenters. The van der Waals surface area contributed by atoms with Gasteiger partial charge in [-0.25, -0.2) is 4.79 Å². The highest BCUT2D eigenvalue weighted by atomic mass is 16.5. The summed E-state index contributed by atoms with van der Waals surface area (Å²) in [5.74, 6) is 0.494. The molecule has 0 amide bonds. The van der Waals surface area contributed by atoms with Gasteiger partial charge < -0.3 is 9.47 Å². The SMILES string of the molecule is C=C(CN(C)CCOCC1CC1)C(=O)OCC. The van der Waals surface area contributed by atoms with Crippen LogP contribution in [-0.4, -0.2) is 50.8 Å². The zero-order valence-corrected chi connectivity index (χ0v) is 10.9. The van der Waals surface area contributed by atoms with Crippen molar-refractivity contribution in [1.82, 2.24) is 4.90 Å². The average molecular weight is 241 g/mol. The molecule has 4 nitrogen and oxygen atoms in total. The summed E-state index contributed by atoms with van der Waals surface area (Å²) < 4.78 is 10.4. The monoisotopic (exact) mass is 241 g/mol. The number of esters is 1. The Bertz CT molecular complexity index is 261. The fourth-order valence-electron chi connectivity index (χ4n) is 1.46. The molecule has 1 saturated carbocycles. The third-order valence-corrected chi connectivity index (χ3v) is 2.69. The Hall–Kier alpha value is -0.870. The van der Waals surface area contributed by atoms with E-state index in [2.05, 4.69) is 6.58 Å². The lowest BCUT2D eigenvalue weighted by molar-refractivity contribution is -0.138. The van der Waals surface area contributed by atoms with Crippen LogP contribution in [0, 0.1) is 5.92 Å². The van der Waals surface area contributed by atoms with Crippen molar-refractivity contribution in [2.75, 3.05) is 40.0 Å². The Balaban J connectivity index is 2.03. The van der Waals surface area contributed by atoms with Crippen LogP contribution < -0.4 is 0 Å². The van der Waals surface area contributed by atoms with E-state index in [0.29, 0.717) is 25.3 Å². The summed E-state index contributed by atoms with van der Waals surface area (Å²) in [6.45, 7) is 8.85. The van der Waals surface area contributed by atoms with Crippen molar-refractivity contribution in [3.8, 4) is 0 Å². The van der Waals surface area contributed by atoms with Crippen LogP contribution in [0.5, 0.6) is 0 Å².